The van der Waals surface area contributed by atoms with Gasteiger partial charge in [0.2, 0.25) is 0 Å². The first-order valence-electron chi connectivity index (χ1n) is 18.8. The molecule has 0 aliphatic heterocycles. The van der Waals surface area contributed by atoms with Crippen LogP contribution >= 0.6 is 0 Å². The van der Waals surface area contributed by atoms with Crippen LogP contribution < -0.4 is 0 Å². The van der Waals surface area contributed by atoms with Crippen molar-refractivity contribution in [1.82, 2.24) is 9.97 Å². The zero-order valence-electron chi connectivity index (χ0n) is 32.9. The molecule has 0 atom stereocenters. The second-order valence-corrected chi connectivity index (χ2v) is 12.5. The van der Waals surface area contributed by atoms with Crippen LogP contribution in [0.25, 0.3) is 66.0 Å². The number of fused-ring (bicyclic) bond motifs is 5. The summed E-state index contributed by atoms with van der Waals surface area (Å²) in [4.78, 5) is 9.14. The molecule has 3 heteroatoms. The molecule has 6 aromatic carbocycles. The predicted octanol–water partition coefficient (Wildman–Crippen LogP) is 12.5. The Kier molecular flexibility index (Phi) is 8.60. The van der Waals surface area contributed by atoms with Gasteiger partial charge in [-0.1, -0.05) is 119 Å². The molecule has 0 aliphatic rings. The fourth-order valence-electron chi connectivity index (χ4n) is 6.00. The van der Waals surface area contributed by atoms with Crippen molar-refractivity contribution in [3.63, 3.8) is 0 Å². The number of benzene rings is 6. The smallest absolute Gasteiger partial charge is 0.0629 e. The van der Waals surface area contributed by atoms with Crippen molar-refractivity contribution >= 4 is 32.3 Å². The molecule has 2 aromatic heterocycles. The Morgan fingerprint density at radius 1 is 0.612 bits per heavy atom. The quantitative estimate of drug-likeness (QED) is 0.128. The fourth-order valence-corrected chi connectivity index (χ4v) is 6.00. The summed E-state index contributed by atoms with van der Waals surface area (Å²) in [5.41, 5.74) is 6.90. The van der Waals surface area contributed by atoms with Crippen LogP contribution in [0.1, 0.15) is 57.5 Å². The Hall–Kier alpha value is -4.95. The van der Waals surface area contributed by atoms with Gasteiger partial charge < -0.3 is 9.97 Å². The number of rotatable bonds is 5. The third-order valence-corrected chi connectivity index (χ3v) is 8.66. The van der Waals surface area contributed by atoms with E-state index in [-0.39, 0.29) is 49.8 Å². The Morgan fingerprint density at radius 2 is 1.35 bits per heavy atom. The van der Waals surface area contributed by atoms with Crippen LogP contribution in [0.15, 0.2) is 146 Å². The summed E-state index contributed by atoms with van der Waals surface area (Å²) in [6.45, 7) is 8.96. The van der Waals surface area contributed by atoms with E-state index in [1.54, 1.807) is 18.2 Å². The van der Waals surface area contributed by atoms with Crippen LogP contribution in [-0.4, -0.2) is 9.97 Å². The van der Waals surface area contributed by atoms with E-state index < -0.39 is 6.04 Å². The molecule has 0 amide bonds. The van der Waals surface area contributed by atoms with Gasteiger partial charge >= 0.3 is 0 Å². The topological polar surface area (TPSA) is 25.8 Å². The van der Waals surface area contributed by atoms with E-state index in [0.29, 0.717) is 23.1 Å². The predicted molar refractivity (Wildman–Crippen MR) is 203 cm³/mol. The van der Waals surface area contributed by atoms with Gasteiger partial charge in [0, 0.05) is 32.5 Å². The largest absolute Gasteiger partial charge is 0.304 e. The summed E-state index contributed by atoms with van der Waals surface area (Å²) in [6.07, 6.45) is 3.46. The summed E-state index contributed by atoms with van der Waals surface area (Å²) in [5, 5.41) is 7.58. The normalized spacial score (nSPS) is 12.5. The average molecular weight is 816 g/mol. The van der Waals surface area contributed by atoms with Crippen LogP contribution in [-0.2, 0) is 20.1 Å². The first kappa shape index (κ1) is 27.9. The van der Waals surface area contributed by atoms with E-state index in [1.807, 2.05) is 24.4 Å². The van der Waals surface area contributed by atoms with E-state index in [2.05, 4.69) is 112 Å². The summed E-state index contributed by atoms with van der Waals surface area (Å²) in [6, 6.07) is 40.3. The first-order valence-corrected chi connectivity index (χ1v) is 16.3. The molecule has 0 spiro atoms. The van der Waals surface area contributed by atoms with Gasteiger partial charge in [0.15, 0.2) is 0 Å². The van der Waals surface area contributed by atoms with Gasteiger partial charge in [0.05, 0.1) is 6.85 Å². The number of nitrogens with zero attached hydrogens (tertiary/aromatic N) is 2. The molecule has 8 rings (SSSR count). The molecular weight excluding hydrogens is 773 g/mol. The second-order valence-electron chi connectivity index (χ2n) is 12.5. The van der Waals surface area contributed by atoms with Crippen molar-refractivity contribution in [2.45, 2.75) is 39.5 Å². The van der Waals surface area contributed by atoms with Crippen LogP contribution in [0.5, 0.6) is 0 Å². The molecule has 0 saturated heterocycles. The molecule has 0 N–H and O–H groups in total. The summed E-state index contributed by atoms with van der Waals surface area (Å²) in [7, 11) is 0. The van der Waals surface area contributed by atoms with Gasteiger partial charge in [-0.2, -0.15) is 0 Å². The summed E-state index contributed by atoms with van der Waals surface area (Å²) in [5.74, 6) is 0.905. The van der Waals surface area contributed by atoms with Crippen LogP contribution in [0.3, 0.4) is 0 Å². The maximum atomic E-state index is 7.98. The van der Waals surface area contributed by atoms with Crippen molar-refractivity contribution in [1.29, 1.82) is 0 Å². The minimum Gasteiger partial charge on any atom is -0.304 e. The van der Waals surface area contributed by atoms with Gasteiger partial charge in [-0.25, -0.2) is 0 Å². The van der Waals surface area contributed by atoms with Gasteiger partial charge in [0.1, 0.15) is 0 Å². The zero-order valence-corrected chi connectivity index (χ0v) is 30.2. The van der Waals surface area contributed by atoms with E-state index in [1.165, 1.54) is 49.6 Å². The molecule has 8 aromatic rings. The fraction of sp³-hybridized carbons (Fsp3) is 0.130. The summed E-state index contributed by atoms with van der Waals surface area (Å²) < 4.78 is 39.1. The summed E-state index contributed by atoms with van der Waals surface area (Å²) >= 11 is 0. The first-order chi connectivity index (χ1) is 25.5. The van der Waals surface area contributed by atoms with Crippen molar-refractivity contribution in [3.05, 3.63) is 169 Å². The van der Waals surface area contributed by atoms with Crippen LogP contribution in [0, 0.1) is 12.1 Å². The van der Waals surface area contributed by atoms with Crippen LogP contribution in [0.4, 0.5) is 0 Å². The molecule has 1 radical (unpaired) electrons. The number of hydrogen-bond donors (Lipinski definition) is 0. The average Bonchev–Trinajstić information content (AvgIpc) is 3.19. The Balaban J connectivity index is 0.000000187. The Morgan fingerprint density at radius 3 is 2.08 bits per heavy atom. The SMILES string of the molecule is CC(C)c1[c-]c(-c2nccc3c2ccc2c4ccccc4ccc32)cc(C(C)C)c1.[2H]c1c([2H])c([2H])c(-c2ccc(-c3[c-]cccc3)nc2)c([2H])c1[2H].[Ir]. The standard InChI is InChI=1S/C29H26N.C17H12N.Ir/c1-18(2)21-15-22(19(3)4)17-23(16-21)29-28-12-11-25-24-8-6-5-7-20(24)9-10-26(25)27(28)13-14-30-29;1-3-7-14(8-4-1)16-11-12-17(18-13-16)15-9-5-2-6-10-15;/h5-16,18-19H,1-4H3;1-9,11-13H;/q2*-1;/i;1D,3D,4D,7D,8D;. The minimum atomic E-state index is -0.396. The molecular formula is C46H38IrN2-2. The number of pyridine rings is 2. The van der Waals surface area contributed by atoms with E-state index in [0.717, 1.165) is 16.8 Å². The molecule has 2 heterocycles. The van der Waals surface area contributed by atoms with Crippen LogP contribution in [0.2, 0.25) is 0 Å². The molecule has 0 saturated carbocycles. The monoisotopic (exact) mass is 816 g/mol. The van der Waals surface area contributed by atoms with Gasteiger partial charge in [-0.3, -0.25) is 0 Å². The molecule has 0 unspecified atom stereocenters. The van der Waals surface area contributed by atoms with E-state index in [4.69, 9.17) is 11.8 Å². The van der Waals surface area contributed by atoms with Gasteiger partial charge in [-0.05, 0) is 72.7 Å². The third kappa shape index (κ3) is 7.25. The van der Waals surface area contributed by atoms with Crippen molar-refractivity contribution in [2.75, 3.05) is 0 Å². The van der Waals surface area contributed by atoms with Crippen molar-refractivity contribution < 1.29 is 27.0 Å². The molecule has 0 bridgehead atoms. The maximum absolute atomic E-state index is 7.98. The van der Waals surface area contributed by atoms with Crippen molar-refractivity contribution in [3.8, 4) is 33.6 Å². The van der Waals surface area contributed by atoms with E-state index in [9.17, 15) is 0 Å². The Labute approximate surface area is 310 Å². The number of aromatic nitrogens is 2. The van der Waals surface area contributed by atoms with E-state index >= 15 is 0 Å². The molecule has 0 fully saturated rings. The van der Waals surface area contributed by atoms with Crippen molar-refractivity contribution in [2.24, 2.45) is 0 Å². The third-order valence-electron chi connectivity index (χ3n) is 8.66. The minimum absolute atomic E-state index is 0. The van der Waals surface area contributed by atoms with Gasteiger partial charge in [-0.15, -0.1) is 70.8 Å². The second kappa shape index (κ2) is 15.1. The zero-order chi connectivity index (χ0) is 37.4. The maximum Gasteiger partial charge on any atom is 0.0629 e. The molecule has 2 nitrogen and oxygen atoms in total. The molecule has 49 heavy (non-hydrogen) atoms. The Bertz CT molecular complexity index is 2570. The van der Waals surface area contributed by atoms with Gasteiger partial charge in [0.25, 0.3) is 0 Å². The number of hydrogen-bond acceptors (Lipinski definition) is 2. The molecule has 243 valence electrons. The molecule has 0 aliphatic carbocycles.